The molecule has 4 heteroatoms. The third kappa shape index (κ3) is 2.66. The van der Waals surface area contributed by atoms with Crippen molar-refractivity contribution in [3.8, 4) is 5.75 Å². The standard InChI is InChI=1S/C20H22ClNO2/c1-2-12-5-7-17-15(10-12)20-14(4-3-9-24-20)19(22-17)13-6-8-18(23)16(21)11-13/h5-8,10-11,14,19-20,22-23H,2-4,9H2,1H3/t14-,19?,20-/m0/s1. The van der Waals surface area contributed by atoms with E-state index in [0.29, 0.717) is 10.9 Å². The first-order chi connectivity index (χ1) is 11.7. The molecule has 1 unspecified atom stereocenters. The largest absolute Gasteiger partial charge is 0.506 e. The summed E-state index contributed by atoms with van der Waals surface area (Å²) in [6.07, 6.45) is 3.35. The lowest BCUT2D eigenvalue weighted by Crippen LogP contribution is -2.36. The van der Waals surface area contributed by atoms with Crippen molar-refractivity contribution in [3.63, 3.8) is 0 Å². The maximum Gasteiger partial charge on any atom is 0.134 e. The maximum absolute atomic E-state index is 9.71. The van der Waals surface area contributed by atoms with Crippen LogP contribution >= 0.6 is 11.6 Å². The van der Waals surface area contributed by atoms with Gasteiger partial charge in [-0.1, -0.05) is 36.7 Å². The van der Waals surface area contributed by atoms with Crippen molar-refractivity contribution in [3.05, 3.63) is 58.1 Å². The molecule has 3 nitrogen and oxygen atoms in total. The van der Waals surface area contributed by atoms with E-state index in [-0.39, 0.29) is 17.9 Å². The van der Waals surface area contributed by atoms with Gasteiger partial charge >= 0.3 is 0 Å². The molecule has 2 aromatic rings. The summed E-state index contributed by atoms with van der Waals surface area (Å²) in [7, 11) is 0. The lowest BCUT2D eigenvalue weighted by molar-refractivity contribution is -0.0381. The molecule has 24 heavy (non-hydrogen) atoms. The number of aromatic hydroxyl groups is 1. The molecular weight excluding hydrogens is 322 g/mol. The predicted molar refractivity (Wildman–Crippen MR) is 96.7 cm³/mol. The van der Waals surface area contributed by atoms with E-state index in [0.717, 1.165) is 37.1 Å². The van der Waals surface area contributed by atoms with Crippen LogP contribution in [0, 0.1) is 5.92 Å². The Bertz CT molecular complexity index is 761. The zero-order chi connectivity index (χ0) is 16.7. The van der Waals surface area contributed by atoms with Gasteiger partial charge in [0.15, 0.2) is 0 Å². The van der Waals surface area contributed by atoms with Gasteiger partial charge in [0.2, 0.25) is 0 Å². The Kier molecular flexibility index (Phi) is 4.15. The normalized spacial score (nSPS) is 25.5. The number of aryl methyl sites for hydroxylation is 1. The first kappa shape index (κ1) is 15.8. The Labute approximate surface area is 147 Å². The molecule has 0 aromatic heterocycles. The van der Waals surface area contributed by atoms with E-state index in [2.05, 4.69) is 30.4 Å². The number of fused-ring (bicyclic) bond motifs is 3. The number of phenols is 1. The molecule has 3 atom stereocenters. The van der Waals surface area contributed by atoms with Gasteiger partial charge in [-0.25, -0.2) is 0 Å². The summed E-state index contributed by atoms with van der Waals surface area (Å²) in [6, 6.07) is 12.3. The van der Waals surface area contributed by atoms with E-state index in [1.54, 1.807) is 6.07 Å². The molecular formula is C20H22ClNO2. The fourth-order valence-electron chi connectivity index (χ4n) is 3.99. The molecule has 2 heterocycles. The summed E-state index contributed by atoms with van der Waals surface area (Å²) in [6.45, 7) is 3.00. The molecule has 4 rings (SSSR count). The quantitative estimate of drug-likeness (QED) is 0.783. The van der Waals surface area contributed by atoms with Gasteiger partial charge in [0.25, 0.3) is 0 Å². The molecule has 2 aromatic carbocycles. The molecule has 2 aliphatic rings. The zero-order valence-electron chi connectivity index (χ0n) is 13.8. The van der Waals surface area contributed by atoms with Gasteiger partial charge in [0.05, 0.1) is 17.2 Å². The minimum absolute atomic E-state index is 0.124. The van der Waals surface area contributed by atoms with Crippen molar-refractivity contribution in [1.82, 2.24) is 0 Å². The molecule has 0 spiro atoms. The van der Waals surface area contributed by atoms with Crippen molar-refractivity contribution in [2.24, 2.45) is 5.92 Å². The molecule has 0 amide bonds. The molecule has 0 bridgehead atoms. The average molecular weight is 344 g/mol. The zero-order valence-corrected chi connectivity index (χ0v) is 14.5. The van der Waals surface area contributed by atoms with Crippen molar-refractivity contribution in [1.29, 1.82) is 0 Å². The lowest BCUT2D eigenvalue weighted by atomic mass is 9.77. The van der Waals surface area contributed by atoms with Crippen molar-refractivity contribution >= 4 is 17.3 Å². The number of anilines is 1. The number of halogens is 1. The van der Waals surface area contributed by atoms with E-state index in [9.17, 15) is 5.11 Å². The summed E-state index contributed by atoms with van der Waals surface area (Å²) in [5, 5.41) is 13.8. The van der Waals surface area contributed by atoms with Crippen molar-refractivity contribution < 1.29 is 9.84 Å². The van der Waals surface area contributed by atoms with Gasteiger partial charge in [0, 0.05) is 23.8 Å². The van der Waals surface area contributed by atoms with E-state index < -0.39 is 0 Å². The second kappa shape index (κ2) is 6.30. The Morgan fingerprint density at radius 2 is 2.12 bits per heavy atom. The van der Waals surface area contributed by atoms with Crippen LogP contribution in [0.1, 0.15) is 48.6 Å². The average Bonchev–Trinajstić information content (AvgIpc) is 2.63. The predicted octanol–water partition coefficient (Wildman–Crippen LogP) is 5.24. The molecule has 126 valence electrons. The topological polar surface area (TPSA) is 41.5 Å². The summed E-state index contributed by atoms with van der Waals surface area (Å²) < 4.78 is 6.19. The molecule has 0 saturated carbocycles. The van der Waals surface area contributed by atoms with Gasteiger partial charge < -0.3 is 15.2 Å². The fourth-order valence-corrected chi connectivity index (χ4v) is 4.18. The van der Waals surface area contributed by atoms with Crippen LogP contribution in [-0.4, -0.2) is 11.7 Å². The SMILES string of the molecule is CCc1ccc2c(c1)[C@H]1OCCC[C@H]1C(c1ccc(O)c(Cl)c1)N2. The van der Waals surface area contributed by atoms with Crippen LogP contribution in [0.3, 0.4) is 0 Å². The summed E-state index contributed by atoms with van der Waals surface area (Å²) >= 11 is 6.14. The van der Waals surface area contributed by atoms with Gasteiger partial charge in [-0.05, 0) is 48.6 Å². The highest BCUT2D eigenvalue weighted by molar-refractivity contribution is 6.32. The number of hydrogen-bond donors (Lipinski definition) is 2. The second-order valence-electron chi connectivity index (χ2n) is 6.71. The van der Waals surface area contributed by atoms with Crippen LogP contribution in [0.25, 0.3) is 0 Å². The van der Waals surface area contributed by atoms with Crippen LogP contribution in [0.5, 0.6) is 5.75 Å². The highest BCUT2D eigenvalue weighted by Crippen LogP contribution is 2.49. The van der Waals surface area contributed by atoms with E-state index >= 15 is 0 Å². The Balaban J connectivity index is 1.77. The van der Waals surface area contributed by atoms with E-state index in [1.807, 2.05) is 12.1 Å². The first-order valence-corrected chi connectivity index (χ1v) is 9.04. The minimum Gasteiger partial charge on any atom is -0.506 e. The Morgan fingerprint density at radius 1 is 1.25 bits per heavy atom. The molecule has 1 saturated heterocycles. The summed E-state index contributed by atoms with van der Waals surface area (Å²) in [5.41, 5.74) is 4.86. The Hall–Kier alpha value is -1.71. The Morgan fingerprint density at radius 3 is 2.92 bits per heavy atom. The first-order valence-electron chi connectivity index (χ1n) is 8.66. The minimum atomic E-state index is 0.124. The number of phenolic OH excluding ortho intramolecular Hbond substituents is 1. The molecule has 2 aliphatic heterocycles. The smallest absolute Gasteiger partial charge is 0.134 e. The monoisotopic (exact) mass is 343 g/mol. The van der Waals surface area contributed by atoms with Gasteiger partial charge in [-0.15, -0.1) is 0 Å². The van der Waals surface area contributed by atoms with Gasteiger partial charge in [0.1, 0.15) is 5.75 Å². The third-order valence-corrected chi connectivity index (χ3v) is 5.57. The number of ether oxygens (including phenoxy) is 1. The summed E-state index contributed by atoms with van der Waals surface area (Å²) in [4.78, 5) is 0. The van der Waals surface area contributed by atoms with E-state index in [1.165, 1.54) is 11.1 Å². The number of rotatable bonds is 2. The highest BCUT2D eigenvalue weighted by atomic mass is 35.5. The maximum atomic E-state index is 9.71. The van der Waals surface area contributed by atoms with Crippen molar-refractivity contribution in [2.75, 3.05) is 11.9 Å². The fraction of sp³-hybridized carbons (Fsp3) is 0.400. The molecule has 0 aliphatic carbocycles. The summed E-state index contributed by atoms with van der Waals surface area (Å²) in [5.74, 6) is 0.500. The van der Waals surface area contributed by atoms with Crippen LogP contribution < -0.4 is 5.32 Å². The van der Waals surface area contributed by atoms with Crippen LogP contribution in [-0.2, 0) is 11.2 Å². The van der Waals surface area contributed by atoms with E-state index in [4.69, 9.17) is 16.3 Å². The molecule has 0 radical (unpaired) electrons. The lowest BCUT2D eigenvalue weighted by Gasteiger charge is -2.43. The molecule has 2 N–H and O–H groups in total. The number of hydrogen-bond acceptors (Lipinski definition) is 3. The second-order valence-corrected chi connectivity index (χ2v) is 7.11. The highest BCUT2D eigenvalue weighted by Gasteiger charge is 2.39. The van der Waals surface area contributed by atoms with Crippen LogP contribution in [0.15, 0.2) is 36.4 Å². The van der Waals surface area contributed by atoms with Crippen molar-refractivity contribution in [2.45, 2.75) is 38.3 Å². The van der Waals surface area contributed by atoms with Gasteiger partial charge in [-0.2, -0.15) is 0 Å². The van der Waals surface area contributed by atoms with Crippen LogP contribution in [0.2, 0.25) is 5.02 Å². The third-order valence-electron chi connectivity index (χ3n) is 5.27. The molecule has 1 fully saturated rings. The number of benzene rings is 2. The van der Waals surface area contributed by atoms with Gasteiger partial charge in [-0.3, -0.25) is 0 Å². The van der Waals surface area contributed by atoms with Crippen LogP contribution in [0.4, 0.5) is 5.69 Å². The number of nitrogens with one attached hydrogen (secondary N) is 1.